The molecule has 0 atom stereocenters. The van der Waals surface area contributed by atoms with Crippen molar-refractivity contribution < 1.29 is 14.6 Å². The Labute approximate surface area is 89.6 Å². The molecule has 0 aliphatic rings. The summed E-state index contributed by atoms with van der Waals surface area (Å²) in [7, 11) is 0. The topological polar surface area (TPSA) is 59.7 Å². The summed E-state index contributed by atoms with van der Waals surface area (Å²) in [5, 5.41) is 9.22. The first-order chi connectivity index (χ1) is 7.13. The van der Waals surface area contributed by atoms with Crippen LogP contribution >= 0.6 is 11.6 Å². The van der Waals surface area contributed by atoms with E-state index in [2.05, 4.69) is 4.89 Å². The summed E-state index contributed by atoms with van der Waals surface area (Å²) in [6.45, 7) is 1.72. The lowest BCUT2D eigenvalue weighted by molar-refractivity contribution is -0.137. The third-order valence-corrected chi connectivity index (χ3v) is 2.61. The zero-order valence-electron chi connectivity index (χ0n) is 7.78. The summed E-state index contributed by atoms with van der Waals surface area (Å²) in [5.41, 5.74) is 0.373. The van der Waals surface area contributed by atoms with Crippen LogP contribution in [-0.2, 0) is 0 Å². The number of aryl methyl sites for hydroxylation is 1. The maximum Gasteiger partial charge on any atom is 0.355 e. The average molecular weight is 227 g/mol. The molecule has 5 heteroatoms. The van der Waals surface area contributed by atoms with Crippen LogP contribution in [0.2, 0.25) is 5.02 Å². The summed E-state index contributed by atoms with van der Waals surface area (Å²) >= 11 is 5.74. The van der Waals surface area contributed by atoms with Crippen molar-refractivity contribution in [1.29, 1.82) is 0 Å². The van der Waals surface area contributed by atoms with Gasteiger partial charge in [0.15, 0.2) is 5.75 Å². The third kappa shape index (κ3) is 1.58. The highest BCUT2D eigenvalue weighted by Gasteiger charge is 2.09. The molecule has 1 aromatic carbocycles. The lowest BCUT2D eigenvalue weighted by Crippen LogP contribution is -2.01. The predicted octanol–water partition coefficient (Wildman–Crippen LogP) is 2.61. The minimum Gasteiger partial charge on any atom is -0.421 e. The van der Waals surface area contributed by atoms with Gasteiger partial charge in [0.25, 0.3) is 0 Å². The summed E-state index contributed by atoms with van der Waals surface area (Å²) in [6, 6.07) is 4.62. The maximum atomic E-state index is 11.3. The highest BCUT2D eigenvalue weighted by molar-refractivity contribution is 6.31. The number of fused-ring (bicyclic) bond motifs is 1. The van der Waals surface area contributed by atoms with E-state index in [9.17, 15) is 4.79 Å². The van der Waals surface area contributed by atoms with Gasteiger partial charge in [-0.25, -0.2) is 10.1 Å². The van der Waals surface area contributed by atoms with Gasteiger partial charge in [0, 0.05) is 11.5 Å². The molecule has 78 valence electrons. The Bertz CT molecular complexity index is 573. The molecule has 0 aliphatic carbocycles. The van der Waals surface area contributed by atoms with Gasteiger partial charge >= 0.3 is 5.63 Å². The molecule has 1 heterocycles. The van der Waals surface area contributed by atoms with Gasteiger partial charge in [-0.2, -0.15) is 0 Å². The van der Waals surface area contributed by atoms with Gasteiger partial charge in [0.1, 0.15) is 10.6 Å². The van der Waals surface area contributed by atoms with Gasteiger partial charge in [0.05, 0.1) is 0 Å². The fourth-order valence-corrected chi connectivity index (χ4v) is 1.51. The second kappa shape index (κ2) is 3.56. The largest absolute Gasteiger partial charge is 0.421 e. The lowest BCUT2D eigenvalue weighted by atomic mass is 10.1. The molecule has 0 saturated carbocycles. The van der Waals surface area contributed by atoms with E-state index in [1.165, 1.54) is 6.07 Å². The smallest absolute Gasteiger partial charge is 0.355 e. The van der Waals surface area contributed by atoms with Crippen molar-refractivity contribution in [3.8, 4) is 5.75 Å². The first kappa shape index (κ1) is 10.0. The van der Waals surface area contributed by atoms with E-state index in [1.807, 2.05) is 0 Å². The minimum atomic E-state index is -0.600. The molecule has 1 N–H and O–H groups in total. The van der Waals surface area contributed by atoms with Crippen LogP contribution in [0.1, 0.15) is 5.56 Å². The quantitative estimate of drug-likeness (QED) is 0.461. The van der Waals surface area contributed by atoms with Crippen LogP contribution in [-0.4, -0.2) is 5.26 Å². The summed E-state index contributed by atoms with van der Waals surface area (Å²) in [6.07, 6.45) is 0. The first-order valence-corrected chi connectivity index (χ1v) is 4.55. The normalized spacial score (nSPS) is 10.6. The zero-order valence-corrected chi connectivity index (χ0v) is 8.54. The molecule has 15 heavy (non-hydrogen) atoms. The summed E-state index contributed by atoms with van der Waals surface area (Å²) in [4.78, 5) is 15.3. The Balaban J connectivity index is 2.86. The number of rotatable bonds is 1. The van der Waals surface area contributed by atoms with E-state index in [0.29, 0.717) is 16.5 Å². The molecular weight excluding hydrogens is 220 g/mol. The van der Waals surface area contributed by atoms with Gasteiger partial charge in [-0.3, -0.25) is 0 Å². The van der Waals surface area contributed by atoms with E-state index < -0.39 is 5.63 Å². The summed E-state index contributed by atoms with van der Waals surface area (Å²) < 4.78 is 4.94. The van der Waals surface area contributed by atoms with Gasteiger partial charge in [-0.15, -0.1) is 0 Å². The fraction of sp³-hybridized carbons (Fsp3) is 0.100. The Morgan fingerprint density at radius 3 is 2.87 bits per heavy atom. The highest BCUT2D eigenvalue weighted by atomic mass is 35.5. The van der Waals surface area contributed by atoms with Gasteiger partial charge in [-0.1, -0.05) is 11.6 Å². The molecule has 0 bridgehead atoms. The molecule has 4 nitrogen and oxygen atoms in total. The second-order valence-electron chi connectivity index (χ2n) is 3.08. The van der Waals surface area contributed by atoms with Crippen LogP contribution in [0.3, 0.4) is 0 Å². The minimum absolute atomic E-state index is 0.0696. The number of halogens is 1. The van der Waals surface area contributed by atoms with Crippen molar-refractivity contribution in [3.05, 3.63) is 39.2 Å². The van der Waals surface area contributed by atoms with Crippen LogP contribution in [0.25, 0.3) is 11.0 Å². The third-order valence-electron chi connectivity index (χ3n) is 2.17. The van der Waals surface area contributed by atoms with E-state index in [1.54, 1.807) is 19.1 Å². The molecule has 2 rings (SSSR count). The molecule has 0 spiro atoms. The summed E-state index contributed by atoms with van der Waals surface area (Å²) in [5.74, 6) is 0.201. The highest BCUT2D eigenvalue weighted by Crippen LogP contribution is 2.25. The number of hydrogen-bond acceptors (Lipinski definition) is 4. The van der Waals surface area contributed by atoms with Gasteiger partial charge < -0.3 is 9.30 Å². The van der Waals surface area contributed by atoms with Gasteiger partial charge in [-0.05, 0) is 24.6 Å². The van der Waals surface area contributed by atoms with Crippen LogP contribution in [0, 0.1) is 6.92 Å². The molecule has 0 saturated heterocycles. The van der Waals surface area contributed by atoms with Crippen molar-refractivity contribution in [2.75, 3.05) is 0 Å². The predicted molar refractivity (Wildman–Crippen MR) is 55.5 cm³/mol. The van der Waals surface area contributed by atoms with E-state index >= 15 is 0 Å². The SMILES string of the molecule is Cc1c(Cl)c(=O)oc2cc(OO)ccc12. The van der Waals surface area contributed by atoms with Crippen LogP contribution in [0.4, 0.5) is 0 Å². The van der Waals surface area contributed by atoms with E-state index in [0.717, 1.165) is 0 Å². The Kier molecular flexibility index (Phi) is 2.38. The molecular formula is C10H7ClO4. The Morgan fingerprint density at radius 1 is 1.47 bits per heavy atom. The maximum absolute atomic E-state index is 11.3. The van der Waals surface area contributed by atoms with Crippen molar-refractivity contribution in [3.63, 3.8) is 0 Å². The van der Waals surface area contributed by atoms with E-state index in [4.69, 9.17) is 21.3 Å². The number of benzene rings is 1. The van der Waals surface area contributed by atoms with Crippen molar-refractivity contribution in [1.82, 2.24) is 0 Å². The van der Waals surface area contributed by atoms with E-state index in [-0.39, 0.29) is 10.8 Å². The van der Waals surface area contributed by atoms with Crippen LogP contribution < -0.4 is 10.5 Å². The van der Waals surface area contributed by atoms with Crippen molar-refractivity contribution in [2.24, 2.45) is 0 Å². The monoisotopic (exact) mass is 226 g/mol. The first-order valence-electron chi connectivity index (χ1n) is 4.18. The fourth-order valence-electron chi connectivity index (χ4n) is 1.37. The lowest BCUT2D eigenvalue weighted by Gasteiger charge is -2.03. The Morgan fingerprint density at radius 2 is 2.20 bits per heavy atom. The Hall–Kier alpha value is -1.52. The molecule has 0 unspecified atom stereocenters. The van der Waals surface area contributed by atoms with Crippen molar-refractivity contribution >= 4 is 22.6 Å². The van der Waals surface area contributed by atoms with Crippen LogP contribution in [0.5, 0.6) is 5.75 Å². The molecule has 2 aromatic rings. The van der Waals surface area contributed by atoms with Gasteiger partial charge in [0.2, 0.25) is 0 Å². The standard InChI is InChI=1S/C10H7ClO4/c1-5-7-3-2-6(15-13)4-8(7)14-10(12)9(5)11/h2-4,13H,1H3. The number of hydrogen-bond donors (Lipinski definition) is 1. The second-order valence-corrected chi connectivity index (χ2v) is 3.46. The molecule has 0 fully saturated rings. The molecule has 1 aromatic heterocycles. The molecule has 0 aliphatic heterocycles. The van der Waals surface area contributed by atoms with Crippen LogP contribution in [0.15, 0.2) is 27.4 Å². The van der Waals surface area contributed by atoms with Crippen molar-refractivity contribution in [2.45, 2.75) is 6.92 Å². The molecule has 0 amide bonds. The molecule has 0 radical (unpaired) electrons. The average Bonchev–Trinajstić information content (AvgIpc) is 2.25. The zero-order chi connectivity index (χ0) is 11.0.